The molecule has 0 radical (unpaired) electrons. The van der Waals surface area contributed by atoms with Crippen LogP contribution < -0.4 is 0 Å². The highest BCUT2D eigenvalue weighted by Crippen LogP contribution is 2.86. The third-order valence-corrected chi connectivity index (χ3v) is 12.9. The van der Waals surface area contributed by atoms with E-state index in [1.807, 2.05) is 9.80 Å². The van der Waals surface area contributed by atoms with E-state index in [4.69, 9.17) is 0 Å². The molecule has 2 aliphatic heterocycles. The fraction of sp³-hybridized carbons (Fsp3) is 0.579. The number of fused-ring (bicyclic) bond motifs is 3. The number of hydrogen-bond donors (Lipinski definition) is 0. The van der Waals surface area contributed by atoms with Crippen molar-refractivity contribution in [2.45, 2.75) is 43.8 Å². The van der Waals surface area contributed by atoms with E-state index in [-0.39, 0.29) is 50.5 Å². The average Bonchev–Trinajstić information content (AvgIpc) is 2.76. The van der Waals surface area contributed by atoms with Crippen LogP contribution in [-0.2, 0) is 16.0 Å². The Balaban J connectivity index is 1.81. The molecule has 15 heteroatoms. The number of rotatable bonds is 1. The maximum Gasteiger partial charge on any atom is 0.242 e. The van der Waals surface area contributed by atoms with Gasteiger partial charge >= 0.3 is 0 Å². The van der Waals surface area contributed by atoms with Crippen LogP contribution in [0.2, 0.25) is 31.4 Å². The largest absolute Gasteiger partial charge is 0.332 e. The second-order valence-corrected chi connectivity index (χ2v) is 14.0. The van der Waals surface area contributed by atoms with Gasteiger partial charge in [-0.2, -0.15) is 0 Å². The van der Waals surface area contributed by atoms with Gasteiger partial charge in [-0.05, 0) is 17.5 Å². The van der Waals surface area contributed by atoms with Crippen molar-refractivity contribution in [1.82, 2.24) is 9.80 Å². The molecule has 1 atom stereocenters. The smallest absolute Gasteiger partial charge is 0.242 e. The van der Waals surface area contributed by atoms with Crippen LogP contribution in [0.5, 0.6) is 0 Å². The molecule has 1 saturated carbocycles. The SMILES string of the molecule is BC1(B)C(B)(B)C(B)(B)C(B)(C(=O)N2CC(=O)N3CCc4ccccc4C3C2)C(B)(B)C1(B)B. The standard InChI is InChI=1S/C19H35B11N2O2/c20-14(15(21,22)17(25,26)19(29,30)18(27,28)16(14,23)24)13(34)31-7-11-10-4-2-1-3-9(10)5-6-32(11)12(33)8-31/h1-4,11H,5-8,20-30H2. The second-order valence-electron chi connectivity index (χ2n) is 14.0. The second kappa shape index (κ2) is 7.45. The number of hydrogen-bond acceptors (Lipinski definition) is 2. The summed E-state index contributed by atoms with van der Waals surface area (Å²) >= 11 is 0. The summed E-state index contributed by atoms with van der Waals surface area (Å²) in [6.45, 7) is 1.50. The molecule has 1 aromatic rings. The fourth-order valence-electron chi connectivity index (χ4n) is 8.06. The molecule has 2 fully saturated rings. The van der Waals surface area contributed by atoms with Gasteiger partial charge in [-0.15, -0.1) is 15.6 Å². The molecular formula is C19H35B11N2O2. The average molecular weight is 442 g/mol. The van der Waals surface area contributed by atoms with Crippen molar-refractivity contribution in [2.24, 2.45) is 0 Å². The Kier molecular flexibility index (Phi) is 5.68. The number of benzene rings is 1. The van der Waals surface area contributed by atoms with Crippen molar-refractivity contribution in [3.8, 4) is 0 Å². The molecule has 4 rings (SSSR count). The van der Waals surface area contributed by atoms with Gasteiger partial charge in [0.1, 0.15) is 7.85 Å². The first-order valence-electron chi connectivity index (χ1n) is 13.0. The molecular weight excluding hydrogens is 407 g/mol. The molecule has 166 valence electrons. The van der Waals surface area contributed by atoms with Crippen molar-refractivity contribution in [1.29, 1.82) is 0 Å². The predicted molar refractivity (Wildman–Crippen MR) is 171 cm³/mol. The van der Waals surface area contributed by atoms with Crippen LogP contribution >= 0.6 is 0 Å². The van der Waals surface area contributed by atoms with Gasteiger partial charge in [0.25, 0.3) is 0 Å². The zero-order chi connectivity index (χ0) is 25.7. The summed E-state index contributed by atoms with van der Waals surface area (Å²) in [6, 6.07) is 8.38. The lowest BCUT2D eigenvalue weighted by Gasteiger charge is -2.79. The maximum atomic E-state index is 14.8. The zero-order valence-electron chi connectivity index (χ0n) is 23.4. The van der Waals surface area contributed by atoms with Crippen LogP contribution in [-0.4, -0.2) is 128 Å². The quantitative estimate of drug-likeness (QED) is 0.406. The molecule has 3 aliphatic rings. The third-order valence-electron chi connectivity index (χ3n) is 12.9. The Hall–Kier alpha value is -1.13. The van der Waals surface area contributed by atoms with E-state index in [9.17, 15) is 9.59 Å². The topological polar surface area (TPSA) is 40.6 Å². The van der Waals surface area contributed by atoms with Crippen LogP contribution in [0, 0.1) is 0 Å². The van der Waals surface area contributed by atoms with Gasteiger partial charge in [0.05, 0.1) is 91.0 Å². The highest BCUT2D eigenvalue weighted by molar-refractivity contribution is 6.73. The number of piperazine rings is 1. The van der Waals surface area contributed by atoms with E-state index < -0.39 is 5.31 Å². The lowest BCUT2D eigenvalue weighted by molar-refractivity contribution is -0.152. The monoisotopic (exact) mass is 444 g/mol. The first-order valence-corrected chi connectivity index (χ1v) is 13.0. The molecule has 4 nitrogen and oxygen atoms in total. The lowest BCUT2D eigenvalue weighted by Crippen LogP contribution is -2.70. The number of amides is 2. The molecule has 34 heavy (non-hydrogen) atoms. The van der Waals surface area contributed by atoms with Crippen LogP contribution in [0.25, 0.3) is 0 Å². The van der Waals surface area contributed by atoms with Gasteiger partial charge in [-0.25, -0.2) is 0 Å². The Morgan fingerprint density at radius 3 is 1.85 bits per heavy atom. The first-order chi connectivity index (χ1) is 15.4. The number of nitrogens with zero attached hydrogens (tertiary/aromatic N) is 2. The first kappa shape index (κ1) is 26.0. The van der Waals surface area contributed by atoms with Crippen LogP contribution in [0.4, 0.5) is 0 Å². The molecule has 0 bridgehead atoms. The molecule has 1 aliphatic carbocycles. The summed E-state index contributed by atoms with van der Waals surface area (Å²) < 4.78 is 0. The van der Waals surface area contributed by atoms with Crippen LogP contribution in [0.1, 0.15) is 17.2 Å². The maximum absolute atomic E-state index is 14.8. The highest BCUT2D eigenvalue weighted by Gasteiger charge is 2.73. The summed E-state index contributed by atoms with van der Waals surface area (Å²) in [4.78, 5) is 32.0. The van der Waals surface area contributed by atoms with Crippen LogP contribution in [0.3, 0.4) is 0 Å². The molecule has 0 aromatic heterocycles. The van der Waals surface area contributed by atoms with E-state index in [1.54, 1.807) is 0 Å². The summed E-state index contributed by atoms with van der Waals surface area (Å²) in [5.41, 5.74) is 2.51. The molecule has 0 spiro atoms. The minimum absolute atomic E-state index is 0.0103. The van der Waals surface area contributed by atoms with Gasteiger partial charge in [-0.1, -0.05) is 34.7 Å². The van der Waals surface area contributed by atoms with Crippen molar-refractivity contribution < 1.29 is 9.59 Å². The van der Waals surface area contributed by atoms with Crippen LogP contribution in [0.15, 0.2) is 24.3 Å². The number of carbonyl (C=O) groups excluding carboxylic acids is 2. The van der Waals surface area contributed by atoms with Gasteiger partial charge < -0.3 is 9.80 Å². The van der Waals surface area contributed by atoms with Gasteiger partial charge in [0.15, 0.2) is 0 Å². The van der Waals surface area contributed by atoms with Crippen molar-refractivity contribution >= 4 is 98.1 Å². The van der Waals surface area contributed by atoms with Gasteiger partial charge in [0, 0.05) is 18.4 Å². The van der Waals surface area contributed by atoms with E-state index in [2.05, 4.69) is 111 Å². The zero-order valence-corrected chi connectivity index (χ0v) is 23.4. The molecule has 2 heterocycles. The van der Waals surface area contributed by atoms with Gasteiger partial charge in [0.2, 0.25) is 11.8 Å². The Labute approximate surface area is 216 Å². The normalized spacial score (nSPS) is 29.4. The summed E-state index contributed by atoms with van der Waals surface area (Å²) in [6.07, 6.45) is 0.890. The third kappa shape index (κ3) is 2.82. The Morgan fingerprint density at radius 2 is 1.29 bits per heavy atom. The summed E-state index contributed by atoms with van der Waals surface area (Å²) in [5, 5.41) is -1.50. The van der Waals surface area contributed by atoms with Crippen molar-refractivity contribution in [3.05, 3.63) is 35.4 Å². The predicted octanol–water partition coefficient (Wildman–Crippen LogP) is -8.33. The summed E-state index contributed by atoms with van der Waals surface area (Å²) in [5.74, 6) is 0.211. The minimum atomic E-state index is -0.654. The molecule has 2 amide bonds. The molecule has 1 aromatic carbocycles. The number of carbonyl (C=O) groups is 2. The van der Waals surface area contributed by atoms with E-state index >= 15 is 0 Å². The minimum Gasteiger partial charge on any atom is -0.332 e. The summed E-state index contributed by atoms with van der Waals surface area (Å²) in [7, 11) is 25.5. The molecule has 1 unspecified atom stereocenters. The molecule has 1 saturated heterocycles. The van der Waals surface area contributed by atoms with E-state index in [1.165, 1.54) is 11.1 Å². The Morgan fingerprint density at radius 1 is 0.794 bits per heavy atom. The van der Waals surface area contributed by atoms with Gasteiger partial charge in [-0.3, -0.25) is 9.59 Å². The van der Waals surface area contributed by atoms with Crippen molar-refractivity contribution in [3.63, 3.8) is 0 Å². The van der Waals surface area contributed by atoms with E-state index in [0.29, 0.717) is 6.54 Å². The lowest BCUT2D eigenvalue weighted by atomic mass is 8.96. The van der Waals surface area contributed by atoms with Crippen molar-refractivity contribution in [2.75, 3.05) is 19.6 Å². The fourth-order valence-corrected chi connectivity index (χ4v) is 8.06. The highest BCUT2D eigenvalue weighted by atomic mass is 16.2. The molecule has 0 N–H and O–H groups in total. The Bertz CT molecular complexity index is 1030. The van der Waals surface area contributed by atoms with E-state index in [0.717, 1.165) is 13.0 Å².